The molecule has 7 rings (SSSR count). The van der Waals surface area contributed by atoms with Crippen LogP contribution in [0.15, 0.2) is 181 Å². The quantitative estimate of drug-likeness (QED) is 0.0945. The lowest BCUT2D eigenvalue weighted by atomic mass is 9.92. The van der Waals surface area contributed by atoms with Gasteiger partial charge in [0.2, 0.25) is 15.9 Å². The van der Waals surface area contributed by atoms with Crippen molar-refractivity contribution in [1.29, 1.82) is 5.26 Å². The van der Waals surface area contributed by atoms with Crippen molar-refractivity contribution in [2.24, 2.45) is 0 Å². The van der Waals surface area contributed by atoms with E-state index in [1.54, 1.807) is 36.4 Å². The van der Waals surface area contributed by atoms with Gasteiger partial charge in [-0.2, -0.15) is 9.57 Å². The van der Waals surface area contributed by atoms with Crippen LogP contribution >= 0.6 is 0 Å². The maximum atomic E-state index is 14.6. The summed E-state index contributed by atoms with van der Waals surface area (Å²) in [5, 5.41) is 9.66. The molecule has 0 aromatic heterocycles. The topological polar surface area (TPSA) is 117 Å². The van der Waals surface area contributed by atoms with E-state index < -0.39 is 28.4 Å². The number of benzene rings is 7. The van der Waals surface area contributed by atoms with Gasteiger partial charge in [0.25, 0.3) is 0 Å². The number of anilines is 1. The standard InChI is InChI=1S/C51H43N3O6S/c1-37-21-25-45(26-22-37)61(57,58)53(2)34-50(55)54(33-41-23-27-46(43-20-12-17-40(29-43)32-52)48(30-41)42-18-10-5-11-19-42)44-24-28-47(51(56)60-36-39-15-8-4-9-16-39)49(31-44)59-35-38-13-6-3-7-14-38/h3-31H,33-36H2,1-2H3. The van der Waals surface area contributed by atoms with Crippen LogP contribution in [-0.2, 0) is 39.3 Å². The maximum Gasteiger partial charge on any atom is 0.342 e. The van der Waals surface area contributed by atoms with Gasteiger partial charge in [0.1, 0.15) is 24.5 Å². The highest BCUT2D eigenvalue weighted by molar-refractivity contribution is 7.89. The van der Waals surface area contributed by atoms with Crippen molar-refractivity contribution < 1.29 is 27.5 Å². The number of aryl methyl sites for hydroxylation is 1. The van der Waals surface area contributed by atoms with Gasteiger partial charge in [-0.15, -0.1) is 0 Å². The molecule has 0 atom stereocenters. The first-order valence-corrected chi connectivity index (χ1v) is 21.1. The van der Waals surface area contributed by atoms with Crippen LogP contribution in [-0.4, -0.2) is 38.2 Å². The Morgan fingerprint density at radius 2 is 1.28 bits per heavy atom. The molecule has 304 valence electrons. The molecule has 7 aromatic carbocycles. The summed E-state index contributed by atoms with van der Waals surface area (Å²) in [5.74, 6) is -0.932. The fraction of sp³-hybridized carbons (Fsp3) is 0.118. The van der Waals surface area contributed by atoms with Crippen molar-refractivity contribution >= 4 is 27.6 Å². The second kappa shape index (κ2) is 19.2. The minimum atomic E-state index is -4.04. The van der Waals surface area contributed by atoms with Crippen molar-refractivity contribution in [3.63, 3.8) is 0 Å². The van der Waals surface area contributed by atoms with Gasteiger partial charge in [-0.3, -0.25) is 4.79 Å². The highest BCUT2D eigenvalue weighted by Gasteiger charge is 2.28. The lowest BCUT2D eigenvalue weighted by Gasteiger charge is -2.27. The number of rotatable bonds is 15. The lowest BCUT2D eigenvalue weighted by Crippen LogP contribution is -2.41. The van der Waals surface area contributed by atoms with Crippen LogP contribution in [0.4, 0.5) is 5.69 Å². The van der Waals surface area contributed by atoms with Crippen LogP contribution in [0.2, 0.25) is 0 Å². The lowest BCUT2D eigenvalue weighted by molar-refractivity contribution is -0.118. The molecule has 0 unspecified atom stereocenters. The van der Waals surface area contributed by atoms with Gasteiger partial charge in [-0.1, -0.05) is 133 Å². The molecule has 0 fully saturated rings. The molecule has 0 aliphatic carbocycles. The molecule has 0 aliphatic heterocycles. The Balaban J connectivity index is 1.29. The molecule has 0 spiro atoms. The van der Waals surface area contributed by atoms with E-state index in [4.69, 9.17) is 9.47 Å². The number of amides is 1. The number of carbonyl (C=O) groups is 2. The molecule has 0 aliphatic rings. The van der Waals surface area contributed by atoms with Crippen molar-refractivity contribution in [3.8, 4) is 34.1 Å². The molecular weight excluding hydrogens is 783 g/mol. The summed E-state index contributed by atoms with van der Waals surface area (Å²) in [6.07, 6.45) is 0. The van der Waals surface area contributed by atoms with Gasteiger partial charge in [0.05, 0.1) is 29.6 Å². The van der Waals surface area contributed by atoms with Gasteiger partial charge >= 0.3 is 5.97 Å². The van der Waals surface area contributed by atoms with Crippen molar-refractivity contribution in [2.45, 2.75) is 31.6 Å². The zero-order valence-corrected chi connectivity index (χ0v) is 34.6. The van der Waals surface area contributed by atoms with Gasteiger partial charge in [-0.25, -0.2) is 13.2 Å². The largest absolute Gasteiger partial charge is 0.488 e. The van der Waals surface area contributed by atoms with Gasteiger partial charge in [0, 0.05) is 18.8 Å². The Labute approximate surface area is 356 Å². The third kappa shape index (κ3) is 10.3. The van der Waals surface area contributed by atoms with Gasteiger partial charge < -0.3 is 14.4 Å². The number of sulfonamides is 1. The first-order chi connectivity index (χ1) is 29.6. The van der Waals surface area contributed by atoms with E-state index in [9.17, 15) is 23.3 Å². The molecule has 0 heterocycles. The normalized spacial score (nSPS) is 11.1. The van der Waals surface area contributed by atoms with Crippen LogP contribution in [0, 0.1) is 18.3 Å². The number of ether oxygens (including phenoxy) is 2. The third-order valence-corrected chi connectivity index (χ3v) is 12.0. The highest BCUT2D eigenvalue weighted by Crippen LogP contribution is 2.35. The summed E-state index contributed by atoms with van der Waals surface area (Å²) in [6.45, 7) is 1.59. The molecule has 0 saturated heterocycles. The Bertz CT molecular complexity index is 2790. The number of esters is 1. The van der Waals surface area contributed by atoms with Gasteiger partial charge in [-0.05, 0) is 88.3 Å². The molecule has 0 bridgehead atoms. The average Bonchev–Trinajstić information content (AvgIpc) is 3.30. The summed E-state index contributed by atoms with van der Waals surface area (Å²) >= 11 is 0. The SMILES string of the molecule is Cc1ccc(S(=O)(=O)N(C)CC(=O)N(Cc2ccc(-c3cccc(C#N)c3)c(-c3ccccc3)c2)c2ccc(C(=O)OCc3ccccc3)c(OCc3ccccc3)c2)cc1. The fourth-order valence-corrected chi connectivity index (χ4v) is 7.93. The predicted octanol–water partition coefficient (Wildman–Crippen LogP) is 9.99. The number of carbonyl (C=O) groups excluding carboxylic acids is 2. The molecule has 0 N–H and O–H groups in total. The zero-order chi connectivity index (χ0) is 42.8. The molecule has 7 aromatic rings. The zero-order valence-electron chi connectivity index (χ0n) is 33.8. The fourth-order valence-electron chi connectivity index (χ4n) is 6.81. The van der Waals surface area contributed by atoms with Crippen molar-refractivity contribution in [3.05, 3.63) is 209 Å². The Kier molecular flexibility index (Phi) is 13.1. The summed E-state index contributed by atoms with van der Waals surface area (Å²) in [6, 6.07) is 55.4. The van der Waals surface area contributed by atoms with E-state index in [-0.39, 0.29) is 36.0 Å². The van der Waals surface area contributed by atoms with Crippen LogP contribution in [0.5, 0.6) is 5.75 Å². The number of hydrogen-bond donors (Lipinski definition) is 0. The first kappa shape index (κ1) is 41.8. The number of nitriles is 1. The average molecular weight is 826 g/mol. The van der Waals surface area contributed by atoms with E-state index in [0.717, 1.165) is 48.8 Å². The minimum Gasteiger partial charge on any atom is -0.488 e. The van der Waals surface area contributed by atoms with Crippen LogP contribution in [0.3, 0.4) is 0 Å². The molecule has 10 heteroatoms. The third-order valence-electron chi connectivity index (χ3n) is 10.1. The van der Waals surface area contributed by atoms with Crippen molar-refractivity contribution in [1.82, 2.24) is 4.31 Å². The second-order valence-corrected chi connectivity index (χ2v) is 16.6. The second-order valence-electron chi connectivity index (χ2n) is 14.5. The monoisotopic (exact) mass is 825 g/mol. The van der Waals surface area contributed by atoms with Crippen LogP contribution in [0.25, 0.3) is 22.3 Å². The Morgan fingerprint density at radius 1 is 0.639 bits per heavy atom. The molecule has 61 heavy (non-hydrogen) atoms. The van der Waals surface area contributed by atoms with Crippen LogP contribution in [0.1, 0.15) is 38.2 Å². The summed E-state index contributed by atoms with van der Waals surface area (Å²) in [7, 11) is -2.66. The van der Waals surface area contributed by atoms with E-state index in [1.807, 2.05) is 134 Å². The molecular formula is C51H43N3O6S. The van der Waals surface area contributed by atoms with E-state index in [0.29, 0.717) is 11.3 Å². The van der Waals surface area contributed by atoms with E-state index >= 15 is 0 Å². The number of hydrogen-bond acceptors (Lipinski definition) is 7. The smallest absolute Gasteiger partial charge is 0.342 e. The van der Waals surface area contributed by atoms with Gasteiger partial charge in [0.15, 0.2) is 0 Å². The molecule has 0 radical (unpaired) electrons. The Hall–Kier alpha value is -7.32. The predicted molar refractivity (Wildman–Crippen MR) is 237 cm³/mol. The number of nitrogens with zero attached hydrogens (tertiary/aromatic N) is 3. The maximum absolute atomic E-state index is 14.6. The molecule has 9 nitrogen and oxygen atoms in total. The summed E-state index contributed by atoms with van der Waals surface area (Å²) < 4.78 is 40.5. The molecule has 0 saturated carbocycles. The first-order valence-electron chi connectivity index (χ1n) is 19.6. The summed E-state index contributed by atoms with van der Waals surface area (Å²) in [5.41, 5.74) is 7.95. The number of likely N-dealkylation sites (N-methyl/N-ethyl adjacent to an activating group) is 1. The molecule has 1 amide bonds. The van der Waals surface area contributed by atoms with Crippen LogP contribution < -0.4 is 9.64 Å². The van der Waals surface area contributed by atoms with E-state index in [1.165, 1.54) is 24.1 Å². The summed E-state index contributed by atoms with van der Waals surface area (Å²) in [4.78, 5) is 29.8. The van der Waals surface area contributed by atoms with Crippen molar-refractivity contribution in [2.75, 3.05) is 18.5 Å². The van der Waals surface area contributed by atoms with E-state index in [2.05, 4.69) is 6.07 Å². The minimum absolute atomic E-state index is 0.0333. The Morgan fingerprint density at radius 3 is 1.95 bits per heavy atom. The highest BCUT2D eigenvalue weighted by atomic mass is 32.2.